The van der Waals surface area contributed by atoms with E-state index >= 15 is 0 Å². The minimum absolute atomic E-state index is 0.189. The Morgan fingerprint density at radius 3 is 2.06 bits per heavy atom. The second-order valence-electron chi connectivity index (χ2n) is 6.44. The highest BCUT2D eigenvalue weighted by atomic mass is 32.2. The summed E-state index contributed by atoms with van der Waals surface area (Å²) in [6.45, 7) is 6.68. The van der Waals surface area contributed by atoms with E-state index in [1.807, 2.05) is 0 Å². The van der Waals surface area contributed by atoms with E-state index < -0.39 is 10.0 Å². The standard InChI is InChI=1S/C13H28N2O2S/c1-13(2,3)15(5)12-8-6-11(7-9-12)10-18(16,17)14-4/h11-12,14H,6-10H2,1-5H3. The molecule has 1 saturated carbocycles. The van der Waals surface area contributed by atoms with E-state index in [4.69, 9.17) is 0 Å². The van der Waals surface area contributed by atoms with Gasteiger partial charge in [0.1, 0.15) is 0 Å². The lowest BCUT2D eigenvalue weighted by molar-refractivity contribution is 0.0818. The van der Waals surface area contributed by atoms with Crippen LogP contribution in [0.4, 0.5) is 0 Å². The van der Waals surface area contributed by atoms with Crippen LogP contribution in [-0.4, -0.2) is 44.7 Å². The fourth-order valence-corrected chi connectivity index (χ4v) is 3.76. The summed E-state index contributed by atoms with van der Waals surface area (Å²) in [4.78, 5) is 2.43. The summed E-state index contributed by atoms with van der Waals surface area (Å²) in [7, 11) is 0.621. The van der Waals surface area contributed by atoms with Crippen LogP contribution in [0.1, 0.15) is 46.5 Å². The Balaban J connectivity index is 2.47. The van der Waals surface area contributed by atoms with Crippen LogP contribution in [0.2, 0.25) is 0 Å². The van der Waals surface area contributed by atoms with Crippen molar-refractivity contribution in [3.8, 4) is 0 Å². The van der Waals surface area contributed by atoms with Crippen molar-refractivity contribution in [3.63, 3.8) is 0 Å². The predicted octanol–water partition coefficient (Wildman–Crippen LogP) is 1.82. The van der Waals surface area contributed by atoms with Gasteiger partial charge in [-0.25, -0.2) is 13.1 Å². The highest BCUT2D eigenvalue weighted by Crippen LogP contribution is 2.30. The van der Waals surface area contributed by atoms with Gasteiger partial charge in [0, 0.05) is 11.6 Å². The normalized spacial score (nSPS) is 26.6. The molecule has 1 N–H and O–H groups in total. The molecule has 0 aromatic heterocycles. The monoisotopic (exact) mass is 276 g/mol. The van der Waals surface area contributed by atoms with Gasteiger partial charge in [-0.05, 0) is 66.5 Å². The van der Waals surface area contributed by atoms with Gasteiger partial charge in [0.05, 0.1) is 5.75 Å². The Morgan fingerprint density at radius 1 is 1.17 bits per heavy atom. The van der Waals surface area contributed by atoms with Crippen LogP contribution in [0.3, 0.4) is 0 Å². The summed E-state index contributed by atoms with van der Waals surface area (Å²) in [6, 6.07) is 0.596. The Hall–Kier alpha value is -0.130. The van der Waals surface area contributed by atoms with Gasteiger partial charge in [0.15, 0.2) is 0 Å². The third-order valence-electron chi connectivity index (χ3n) is 4.19. The summed E-state index contributed by atoms with van der Waals surface area (Å²) in [6.07, 6.45) is 4.26. The van der Waals surface area contributed by atoms with Gasteiger partial charge in [-0.3, -0.25) is 4.90 Å². The topological polar surface area (TPSA) is 49.4 Å². The van der Waals surface area contributed by atoms with E-state index in [1.54, 1.807) is 0 Å². The maximum Gasteiger partial charge on any atom is 0.211 e. The molecule has 0 atom stereocenters. The second kappa shape index (κ2) is 5.88. The molecule has 1 aliphatic rings. The van der Waals surface area contributed by atoms with Gasteiger partial charge in [-0.1, -0.05) is 0 Å². The molecule has 18 heavy (non-hydrogen) atoms. The maximum atomic E-state index is 11.5. The molecule has 4 nitrogen and oxygen atoms in total. The second-order valence-corrected chi connectivity index (χ2v) is 8.41. The molecular formula is C13H28N2O2S. The maximum absolute atomic E-state index is 11.5. The van der Waals surface area contributed by atoms with E-state index in [0.717, 1.165) is 25.7 Å². The van der Waals surface area contributed by atoms with Gasteiger partial charge < -0.3 is 0 Å². The van der Waals surface area contributed by atoms with Crippen molar-refractivity contribution in [2.24, 2.45) is 5.92 Å². The van der Waals surface area contributed by atoms with Crippen molar-refractivity contribution < 1.29 is 8.42 Å². The lowest BCUT2D eigenvalue weighted by atomic mass is 9.85. The fraction of sp³-hybridized carbons (Fsp3) is 1.00. The van der Waals surface area contributed by atoms with Crippen molar-refractivity contribution in [2.75, 3.05) is 19.8 Å². The minimum Gasteiger partial charge on any atom is -0.299 e. The van der Waals surface area contributed by atoms with Crippen LogP contribution in [0.15, 0.2) is 0 Å². The molecule has 0 aromatic carbocycles. The molecule has 0 saturated heterocycles. The van der Waals surface area contributed by atoms with Gasteiger partial charge >= 0.3 is 0 Å². The Bertz CT molecular complexity index is 352. The number of sulfonamides is 1. The Kier molecular flexibility index (Phi) is 5.21. The number of nitrogens with one attached hydrogen (secondary N) is 1. The average Bonchev–Trinajstić information content (AvgIpc) is 2.27. The van der Waals surface area contributed by atoms with Gasteiger partial charge in [0.25, 0.3) is 0 Å². The van der Waals surface area contributed by atoms with E-state index in [2.05, 4.69) is 37.4 Å². The van der Waals surface area contributed by atoms with Crippen molar-refractivity contribution in [2.45, 2.75) is 58.0 Å². The first-order valence-electron chi connectivity index (χ1n) is 6.80. The number of hydrogen-bond acceptors (Lipinski definition) is 3. The molecule has 0 radical (unpaired) electrons. The van der Waals surface area contributed by atoms with Gasteiger partial charge in [-0.15, -0.1) is 0 Å². The van der Waals surface area contributed by atoms with Crippen LogP contribution in [0, 0.1) is 5.92 Å². The smallest absolute Gasteiger partial charge is 0.211 e. The van der Waals surface area contributed by atoms with E-state index in [9.17, 15) is 8.42 Å². The summed E-state index contributed by atoms with van der Waals surface area (Å²) in [5.74, 6) is 0.613. The van der Waals surface area contributed by atoms with Crippen LogP contribution >= 0.6 is 0 Å². The molecule has 5 heteroatoms. The molecule has 0 bridgehead atoms. The van der Waals surface area contributed by atoms with Crippen molar-refractivity contribution in [1.29, 1.82) is 0 Å². The van der Waals surface area contributed by atoms with E-state index in [0.29, 0.717) is 12.0 Å². The summed E-state index contributed by atoms with van der Waals surface area (Å²) in [5.41, 5.74) is 0.189. The van der Waals surface area contributed by atoms with Crippen molar-refractivity contribution >= 4 is 10.0 Å². The molecule has 1 rings (SSSR count). The minimum atomic E-state index is -3.05. The van der Waals surface area contributed by atoms with Crippen LogP contribution in [0.25, 0.3) is 0 Å². The molecule has 108 valence electrons. The van der Waals surface area contributed by atoms with Gasteiger partial charge in [0.2, 0.25) is 10.0 Å². The molecule has 1 fully saturated rings. The molecule has 0 spiro atoms. The zero-order chi connectivity index (χ0) is 14.0. The first kappa shape index (κ1) is 15.9. The molecule has 0 aliphatic heterocycles. The molecule has 0 aromatic rings. The first-order valence-corrected chi connectivity index (χ1v) is 8.45. The lowest BCUT2D eigenvalue weighted by Gasteiger charge is -2.42. The quantitative estimate of drug-likeness (QED) is 0.852. The van der Waals surface area contributed by atoms with Gasteiger partial charge in [-0.2, -0.15) is 0 Å². The first-order chi connectivity index (χ1) is 8.15. The highest BCUT2D eigenvalue weighted by Gasteiger charge is 2.30. The van der Waals surface area contributed by atoms with E-state index in [-0.39, 0.29) is 11.3 Å². The van der Waals surface area contributed by atoms with Crippen molar-refractivity contribution in [1.82, 2.24) is 9.62 Å². The number of rotatable bonds is 4. The number of hydrogen-bond donors (Lipinski definition) is 1. The van der Waals surface area contributed by atoms with Crippen LogP contribution in [0.5, 0.6) is 0 Å². The van der Waals surface area contributed by atoms with Crippen LogP contribution in [-0.2, 0) is 10.0 Å². The molecule has 1 aliphatic carbocycles. The Morgan fingerprint density at radius 2 is 1.67 bits per heavy atom. The fourth-order valence-electron chi connectivity index (χ4n) is 2.64. The molecule has 0 amide bonds. The van der Waals surface area contributed by atoms with E-state index in [1.165, 1.54) is 7.05 Å². The molecular weight excluding hydrogens is 248 g/mol. The SMILES string of the molecule is CNS(=O)(=O)CC1CCC(N(C)C(C)(C)C)CC1. The lowest BCUT2D eigenvalue weighted by Crippen LogP contribution is -2.47. The zero-order valence-corrected chi connectivity index (χ0v) is 13.2. The average molecular weight is 276 g/mol. The molecule has 0 heterocycles. The Labute approximate surface area is 112 Å². The third kappa shape index (κ3) is 4.52. The summed E-state index contributed by atoms with van der Waals surface area (Å²) < 4.78 is 25.4. The van der Waals surface area contributed by atoms with Crippen LogP contribution < -0.4 is 4.72 Å². The largest absolute Gasteiger partial charge is 0.299 e. The number of nitrogens with zero attached hydrogens (tertiary/aromatic N) is 1. The highest BCUT2D eigenvalue weighted by molar-refractivity contribution is 7.89. The third-order valence-corrected chi connectivity index (χ3v) is 5.72. The summed E-state index contributed by atoms with van der Waals surface area (Å²) in [5, 5.41) is 0. The van der Waals surface area contributed by atoms with Crippen molar-refractivity contribution in [3.05, 3.63) is 0 Å². The zero-order valence-electron chi connectivity index (χ0n) is 12.4. The summed E-state index contributed by atoms with van der Waals surface area (Å²) >= 11 is 0. The predicted molar refractivity (Wildman–Crippen MR) is 76.1 cm³/mol. The molecule has 0 unspecified atom stereocenters.